The molecule has 21 heavy (non-hydrogen) atoms. The summed E-state index contributed by atoms with van der Waals surface area (Å²) >= 11 is 1.51. The standard InChI is InChI=1S/C17H17NO2S/c1-2-12-20-15-10-8-14(9-11-15)18-17(19)13-21-16-6-4-3-5-7-16/h2-11H,1,12-13H2,(H,18,19). The number of rotatable bonds is 7. The Morgan fingerprint density at radius 1 is 1.14 bits per heavy atom. The maximum absolute atomic E-state index is 11.9. The van der Waals surface area contributed by atoms with Crippen LogP contribution in [0.4, 0.5) is 5.69 Å². The van der Waals surface area contributed by atoms with Gasteiger partial charge in [0.05, 0.1) is 5.75 Å². The molecule has 0 spiro atoms. The van der Waals surface area contributed by atoms with Gasteiger partial charge in [0, 0.05) is 10.6 Å². The van der Waals surface area contributed by atoms with Crippen LogP contribution >= 0.6 is 11.8 Å². The van der Waals surface area contributed by atoms with Crippen LogP contribution in [0.3, 0.4) is 0 Å². The Labute approximate surface area is 129 Å². The smallest absolute Gasteiger partial charge is 0.234 e. The first-order chi connectivity index (χ1) is 10.3. The minimum atomic E-state index is -0.0244. The molecule has 0 saturated carbocycles. The summed E-state index contributed by atoms with van der Waals surface area (Å²) in [5.74, 6) is 1.12. The van der Waals surface area contributed by atoms with Crippen LogP contribution in [0.25, 0.3) is 0 Å². The van der Waals surface area contributed by atoms with Crippen LogP contribution in [0, 0.1) is 0 Å². The molecule has 0 heterocycles. The second kappa shape index (κ2) is 8.17. The van der Waals surface area contributed by atoms with Crippen LogP contribution in [0.2, 0.25) is 0 Å². The molecule has 0 aromatic heterocycles. The van der Waals surface area contributed by atoms with Crippen molar-refractivity contribution in [1.29, 1.82) is 0 Å². The van der Waals surface area contributed by atoms with Gasteiger partial charge in [0.2, 0.25) is 5.91 Å². The van der Waals surface area contributed by atoms with Crippen LogP contribution < -0.4 is 10.1 Å². The number of hydrogen-bond donors (Lipinski definition) is 1. The number of carbonyl (C=O) groups excluding carboxylic acids is 1. The summed E-state index contributed by atoms with van der Waals surface area (Å²) in [4.78, 5) is 13.0. The molecule has 0 aliphatic carbocycles. The monoisotopic (exact) mass is 299 g/mol. The topological polar surface area (TPSA) is 38.3 Å². The Balaban J connectivity index is 1.80. The van der Waals surface area contributed by atoms with Crippen molar-refractivity contribution in [3.63, 3.8) is 0 Å². The van der Waals surface area contributed by atoms with Crippen molar-refractivity contribution < 1.29 is 9.53 Å². The molecule has 3 nitrogen and oxygen atoms in total. The highest BCUT2D eigenvalue weighted by atomic mass is 32.2. The number of benzene rings is 2. The largest absolute Gasteiger partial charge is 0.490 e. The molecule has 2 aromatic rings. The Morgan fingerprint density at radius 2 is 1.86 bits per heavy atom. The van der Waals surface area contributed by atoms with Crippen LogP contribution in [0.5, 0.6) is 5.75 Å². The second-order valence-corrected chi connectivity index (χ2v) is 5.32. The summed E-state index contributed by atoms with van der Waals surface area (Å²) in [5, 5.41) is 2.86. The maximum atomic E-state index is 11.9. The van der Waals surface area contributed by atoms with Crippen molar-refractivity contribution >= 4 is 23.4 Å². The van der Waals surface area contributed by atoms with E-state index in [1.165, 1.54) is 11.8 Å². The normalized spacial score (nSPS) is 9.90. The molecule has 1 amide bonds. The first-order valence-electron chi connectivity index (χ1n) is 6.59. The third-order valence-corrected chi connectivity index (χ3v) is 3.63. The molecule has 0 bridgehead atoms. The zero-order valence-electron chi connectivity index (χ0n) is 11.6. The molecule has 0 unspecified atom stereocenters. The fourth-order valence-corrected chi connectivity index (χ4v) is 2.37. The van der Waals surface area contributed by atoms with Crippen molar-refractivity contribution in [1.82, 2.24) is 0 Å². The Bertz CT molecular complexity index is 581. The summed E-state index contributed by atoms with van der Waals surface area (Å²) < 4.78 is 5.39. The quantitative estimate of drug-likeness (QED) is 0.621. The molecule has 4 heteroatoms. The van der Waals surface area contributed by atoms with Gasteiger partial charge in [0.15, 0.2) is 0 Å². The highest BCUT2D eigenvalue weighted by Gasteiger charge is 2.03. The number of hydrogen-bond acceptors (Lipinski definition) is 3. The van der Waals surface area contributed by atoms with Crippen molar-refractivity contribution in [2.24, 2.45) is 0 Å². The molecule has 0 aliphatic heterocycles. The molecule has 0 radical (unpaired) electrons. The minimum absolute atomic E-state index is 0.0244. The Morgan fingerprint density at radius 3 is 2.52 bits per heavy atom. The third kappa shape index (κ3) is 5.36. The van der Waals surface area contributed by atoms with Gasteiger partial charge in [0.1, 0.15) is 12.4 Å². The number of amides is 1. The number of anilines is 1. The molecule has 0 atom stereocenters. The number of nitrogens with one attached hydrogen (secondary N) is 1. The molecule has 2 aromatic carbocycles. The first kappa shape index (κ1) is 15.2. The maximum Gasteiger partial charge on any atom is 0.234 e. The van der Waals surface area contributed by atoms with E-state index in [9.17, 15) is 4.79 Å². The van der Waals surface area contributed by atoms with Crippen molar-refractivity contribution in [2.45, 2.75) is 4.90 Å². The first-order valence-corrected chi connectivity index (χ1v) is 7.58. The number of carbonyl (C=O) groups is 1. The fraction of sp³-hybridized carbons (Fsp3) is 0.118. The van der Waals surface area contributed by atoms with Gasteiger partial charge in [-0.3, -0.25) is 4.79 Å². The number of thioether (sulfide) groups is 1. The summed E-state index contributed by atoms with van der Waals surface area (Å²) in [7, 11) is 0. The van der Waals surface area contributed by atoms with Gasteiger partial charge >= 0.3 is 0 Å². The summed E-state index contributed by atoms with van der Waals surface area (Å²) in [6, 6.07) is 17.2. The average molecular weight is 299 g/mol. The number of ether oxygens (including phenoxy) is 1. The van der Waals surface area contributed by atoms with E-state index in [1.807, 2.05) is 54.6 Å². The Hall–Kier alpha value is -2.20. The van der Waals surface area contributed by atoms with Gasteiger partial charge in [-0.1, -0.05) is 30.9 Å². The van der Waals surface area contributed by atoms with Gasteiger partial charge in [0.25, 0.3) is 0 Å². The van der Waals surface area contributed by atoms with E-state index in [4.69, 9.17) is 4.74 Å². The lowest BCUT2D eigenvalue weighted by atomic mass is 10.3. The molecule has 0 aliphatic rings. The van der Waals surface area contributed by atoms with Gasteiger partial charge in [-0.05, 0) is 36.4 Å². The molecule has 108 valence electrons. The lowest BCUT2D eigenvalue weighted by Crippen LogP contribution is -2.13. The molecule has 1 N–H and O–H groups in total. The predicted octanol–water partition coefficient (Wildman–Crippen LogP) is 3.98. The van der Waals surface area contributed by atoms with Crippen molar-refractivity contribution in [3.05, 3.63) is 67.3 Å². The lowest BCUT2D eigenvalue weighted by molar-refractivity contribution is -0.113. The van der Waals surface area contributed by atoms with Crippen LogP contribution in [0.15, 0.2) is 72.1 Å². The summed E-state index contributed by atoms with van der Waals surface area (Å²) in [5.41, 5.74) is 0.764. The van der Waals surface area contributed by atoms with Gasteiger partial charge in [-0.2, -0.15) is 0 Å². The van der Waals surface area contributed by atoms with Crippen LogP contribution in [0.1, 0.15) is 0 Å². The van der Waals surface area contributed by atoms with Gasteiger partial charge < -0.3 is 10.1 Å². The van der Waals surface area contributed by atoms with E-state index in [-0.39, 0.29) is 5.91 Å². The molecule has 0 fully saturated rings. The van der Waals surface area contributed by atoms with E-state index in [0.29, 0.717) is 12.4 Å². The van der Waals surface area contributed by atoms with E-state index >= 15 is 0 Å². The van der Waals surface area contributed by atoms with E-state index in [2.05, 4.69) is 11.9 Å². The minimum Gasteiger partial charge on any atom is -0.490 e. The van der Waals surface area contributed by atoms with Gasteiger partial charge in [-0.25, -0.2) is 0 Å². The SMILES string of the molecule is C=CCOc1ccc(NC(=O)CSc2ccccc2)cc1. The van der Waals surface area contributed by atoms with Crippen LogP contribution in [-0.4, -0.2) is 18.3 Å². The predicted molar refractivity (Wildman–Crippen MR) is 87.9 cm³/mol. The molecule has 2 rings (SSSR count). The van der Waals surface area contributed by atoms with E-state index in [1.54, 1.807) is 6.08 Å². The fourth-order valence-electron chi connectivity index (χ4n) is 1.65. The van der Waals surface area contributed by atoms with Gasteiger partial charge in [-0.15, -0.1) is 11.8 Å². The van der Waals surface area contributed by atoms with E-state index < -0.39 is 0 Å². The molecule has 0 saturated heterocycles. The summed E-state index contributed by atoms with van der Waals surface area (Å²) in [6.45, 7) is 4.07. The van der Waals surface area contributed by atoms with Crippen molar-refractivity contribution in [3.8, 4) is 5.75 Å². The van der Waals surface area contributed by atoms with E-state index in [0.717, 1.165) is 16.3 Å². The lowest BCUT2D eigenvalue weighted by Gasteiger charge is -2.07. The van der Waals surface area contributed by atoms with Crippen molar-refractivity contribution in [2.75, 3.05) is 17.7 Å². The van der Waals surface area contributed by atoms with Crippen LogP contribution in [-0.2, 0) is 4.79 Å². The highest BCUT2D eigenvalue weighted by Crippen LogP contribution is 2.19. The molecular weight excluding hydrogens is 282 g/mol. The zero-order chi connectivity index (χ0) is 14.9. The average Bonchev–Trinajstić information content (AvgIpc) is 2.53. The third-order valence-electron chi connectivity index (χ3n) is 2.62. The second-order valence-electron chi connectivity index (χ2n) is 4.27. The summed E-state index contributed by atoms with van der Waals surface area (Å²) in [6.07, 6.45) is 1.69. The molecular formula is C17H17NO2S. The highest BCUT2D eigenvalue weighted by molar-refractivity contribution is 8.00. The Kier molecular flexibility index (Phi) is 5.91. The zero-order valence-corrected chi connectivity index (χ0v) is 12.4.